The Hall–Kier alpha value is -1.34. The van der Waals surface area contributed by atoms with Crippen LogP contribution in [0.1, 0.15) is 25.7 Å². The number of hydrogen-bond donors (Lipinski definition) is 2. The van der Waals surface area contributed by atoms with Crippen LogP contribution in [-0.2, 0) is 21.9 Å². The van der Waals surface area contributed by atoms with Crippen molar-refractivity contribution in [2.24, 2.45) is 12.5 Å². The van der Waals surface area contributed by atoms with Gasteiger partial charge in [-0.2, -0.15) is 0 Å². The molecule has 0 atom stereocenters. The lowest BCUT2D eigenvalue weighted by atomic mass is 9.67. The van der Waals surface area contributed by atoms with Crippen LogP contribution in [0.3, 0.4) is 0 Å². The lowest BCUT2D eigenvalue weighted by molar-refractivity contribution is -0.141. The third kappa shape index (κ3) is 3.16. The van der Waals surface area contributed by atoms with Gasteiger partial charge >= 0.3 is 5.97 Å². The quantitative estimate of drug-likeness (QED) is 0.815. The smallest absolute Gasteiger partial charge is 0.303 e. The number of nitrogens with zero attached hydrogens (tertiary/aromatic N) is 1. The fraction of sp³-hybridized carbons (Fsp3) is 0.583. The van der Waals surface area contributed by atoms with Crippen LogP contribution < -0.4 is 4.72 Å². The van der Waals surface area contributed by atoms with Crippen molar-refractivity contribution in [3.8, 4) is 0 Å². The summed E-state index contributed by atoms with van der Waals surface area (Å²) in [6.07, 6.45) is 5.68. The molecule has 1 heterocycles. The van der Waals surface area contributed by atoms with Crippen molar-refractivity contribution in [2.45, 2.75) is 30.6 Å². The van der Waals surface area contributed by atoms with Crippen molar-refractivity contribution in [3.05, 3.63) is 18.5 Å². The Kier molecular flexibility index (Phi) is 3.69. The number of aryl methyl sites for hydroxylation is 1. The van der Waals surface area contributed by atoms with Crippen molar-refractivity contribution in [1.29, 1.82) is 0 Å². The van der Waals surface area contributed by atoms with Gasteiger partial charge < -0.3 is 9.67 Å². The summed E-state index contributed by atoms with van der Waals surface area (Å²) in [5, 5.41) is 8.88. The van der Waals surface area contributed by atoms with Crippen LogP contribution in [0.4, 0.5) is 0 Å². The van der Waals surface area contributed by atoms with Crippen molar-refractivity contribution < 1.29 is 18.3 Å². The summed E-state index contributed by atoms with van der Waals surface area (Å²) in [4.78, 5) is 11.0. The average molecular weight is 286 g/mol. The molecule has 2 N–H and O–H groups in total. The first-order valence-corrected chi connectivity index (χ1v) is 7.65. The van der Waals surface area contributed by atoms with Crippen molar-refractivity contribution >= 4 is 16.0 Å². The van der Waals surface area contributed by atoms with Crippen LogP contribution in [0.5, 0.6) is 0 Å². The molecule has 0 unspecified atom stereocenters. The Morgan fingerprint density at radius 3 is 2.63 bits per heavy atom. The second-order valence-corrected chi connectivity index (χ2v) is 7.03. The highest BCUT2D eigenvalue weighted by Gasteiger charge is 2.39. The molecule has 2 rings (SSSR count). The molecule has 0 aromatic carbocycles. The number of carboxylic acids is 1. The third-order valence-corrected chi connectivity index (χ3v) is 5.08. The van der Waals surface area contributed by atoms with Crippen LogP contribution in [0.25, 0.3) is 0 Å². The van der Waals surface area contributed by atoms with E-state index in [9.17, 15) is 13.2 Å². The van der Waals surface area contributed by atoms with Crippen LogP contribution in [-0.4, -0.2) is 30.6 Å². The number of aromatic nitrogens is 1. The summed E-state index contributed by atoms with van der Waals surface area (Å²) in [6, 6.07) is 1.52. The highest BCUT2D eigenvalue weighted by atomic mass is 32.2. The van der Waals surface area contributed by atoms with Crippen LogP contribution in [0.15, 0.2) is 23.4 Å². The highest BCUT2D eigenvalue weighted by molar-refractivity contribution is 7.89. The molecule has 0 bridgehead atoms. The van der Waals surface area contributed by atoms with E-state index in [4.69, 9.17) is 5.11 Å². The zero-order chi connectivity index (χ0) is 14.1. The summed E-state index contributed by atoms with van der Waals surface area (Å²) < 4.78 is 28.3. The zero-order valence-corrected chi connectivity index (χ0v) is 11.6. The van der Waals surface area contributed by atoms with Gasteiger partial charge in [0, 0.05) is 26.0 Å². The van der Waals surface area contributed by atoms with E-state index >= 15 is 0 Å². The minimum Gasteiger partial charge on any atom is -0.481 e. The standard InChI is InChI=1S/C12H18N2O4S/c1-14-6-3-10(8-14)19(17,18)13-9-12(4-2-5-12)7-11(15)16/h3,6,8,13H,2,4-5,7,9H2,1H3,(H,15,16). The summed E-state index contributed by atoms with van der Waals surface area (Å²) in [7, 11) is -1.80. The lowest BCUT2D eigenvalue weighted by Crippen LogP contribution is -2.43. The van der Waals surface area contributed by atoms with E-state index in [2.05, 4.69) is 4.72 Å². The first kappa shape index (κ1) is 14.1. The molecule has 1 aromatic heterocycles. The van der Waals surface area contributed by atoms with E-state index in [0.717, 1.165) is 19.3 Å². The highest BCUT2D eigenvalue weighted by Crippen LogP contribution is 2.43. The number of hydrogen-bond acceptors (Lipinski definition) is 3. The molecular weight excluding hydrogens is 268 g/mol. The molecule has 1 aliphatic carbocycles. The minimum atomic E-state index is -3.55. The molecule has 1 fully saturated rings. The molecule has 1 aliphatic rings. The average Bonchev–Trinajstić information content (AvgIpc) is 2.69. The van der Waals surface area contributed by atoms with E-state index in [-0.39, 0.29) is 17.9 Å². The Morgan fingerprint density at radius 1 is 1.53 bits per heavy atom. The van der Waals surface area contributed by atoms with Crippen molar-refractivity contribution in [3.63, 3.8) is 0 Å². The van der Waals surface area contributed by atoms with Crippen LogP contribution in [0.2, 0.25) is 0 Å². The number of carboxylic acid groups (broad SMARTS) is 1. The Bertz CT molecular complexity index is 572. The van der Waals surface area contributed by atoms with Gasteiger partial charge in [-0.3, -0.25) is 4.79 Å². The SMILES string of the molecule is Cn1ccc(S(=O)(=O)NCC2(CC(=O)O)CCC2)c1. The maximum absolute atomic E-state index is 12.0. The monoisotopic (exact) mass is 286 g/mol. The predicted octanol–water partition coefficient (Wildman–Crippen LogP) is 0.948. The molecule has 106 valence electrons. The molecule has 0 amide bonds. The molecule has 0 saturated heterocycles. The van der Waals surface area contributed by atoms with Gasteiger partial charge in [0.15, 0.2) is 0 Å². The van der Waals surface area contributed by atoms with E-state index in [0.29, 0.717) is 0 Å². The second-order valence-electron chi connectivity index (χ2n) is 5.26. The molecule has 0 spiro atoms. The van der Waals surface area contributed by atoms with Crippen LogP contribution in [0, 0.1) is 5.41 Å². The largest absolute Gasteiger partial charge is 0.481 e. The molecule has 1 aromatic rings. The van der Waals surface area contributed by atoms with Gasteiger partial charge in [0.1, 0.15) is 0 Å². The molecule has 1 saturated carbocycles. The van der Waals surface area contributed by atoms with Crippen molar-refractivity contribution in [2.75, 3.05) is 6.54 Å². The Morgan fingerprint density at radius 2 is 2.21 bits per heavy atom. The maximum Gasteiger partial charge on any atom is 0.303 e. The first-order chi connectivity index (χ1) is 8.83. The van der Waals surface area contributed by atoms with Gasteiger partial charge in [-0.1, -0.05) is 6.42 Å². The molecule has 7 heteroatoms. The van der Waals surface area contributed by atoms with Gasteiger partial charge in [-0.05, 0) is 24.3 Å². The van der Waals surface area contributed by atoms with Gasteiger partial charge in [0.05, 0.1) is 11.3 Å². The Labute approximate surface area is 112 Å². The molecule has 0 aliphatic heterocycles. The molecule has 6 nitrogen and oxygen atoms in total. The van der Waals surface area contributed by atoms with Gasteiger partial charge in [-0.15, -0.1) is 0 Å². The zero-order valence-electron chi connectivity index (χ0n) is 10.8. The topological polar surface area (TPSA) is 88.4 Å². The number of carbonyl (C=O) groups is 1. The normalized spacial score (nSPS) is 17.9. The number of nitrogens with one attached hydrogen (secondary N) is 1. The summed E-state index contributed by atoms with van der Waals surface area (Å²) in [5.41, 5.74) is -0.409. The van der Waals surface area contributed by atoms with Gasteiger partial charge in [-0.25, -0.2) is 13.1 Å². The number of rotatable bonds is 6. The Balaban J connectivity index is 2.03. The second kappa shape index (κ2) is 4.97. The van der Waals surface area contributed by atoms with Gasteiger partial charge in [0.25, 0.3) is 0 Å². The van der Waals surface area contributed by atoms with E-state index < -0.39 is 21.4 Å². The van der Waals surface area contributed by atoms with E-state index in [1.807, 2.05) is 0 Å². The summed E-state index contributed by atoms with van der Waals surface area (Å²) >= 11 is 0. The minimum absolute atomic E-state index is 0.0182. The predicted molar refractivity (Wildman–Crippen MR) is 69.1 cm³/mol. The summed E-state index contributed by atoms with van der Waals surface area (Å²) in [6.45, 7) is 0.191. The lowest BCUT2D eigenvalue weighted by Gasteiger charge is -2.40. The number of sulfonamides is 1. The van der Waals surface area contributed by atoms with E-state index in [1.54, 1.807) is 17.8 Å². The third-order valence-electron chi connectivity index (χ3n) is 3.69. The summed E-state index contributed by atoms with van der Waals surface area (Å²) in [5.74, 6) is -0.876. The fourth-order valence-corrected chi connectivity index (χ4v) is 3.59. The van der Waals surface area contributed by atoms with Crippen molar-refractivity contribution in [1.82, 2.24) is 9.29 Å². The van der Waals surface area contributed by atoms with Gasteiger partial charge in [0.2, 0.25) is 10.0 Å². The van der Waals surface area contributed by atoms with E-state index in [1.165, 1.54) is 12.3 Å². The molecule has 0 radical (unpaired) electrons. The maximum atomic E-state index is 12.0. The number of aliphatic carboxylic acids is 1. The molecule has 19 heavy (non-hydrogen) atoms. The first-order valence-electron chi connectivity index (χ1n) is 6.16. The van der Waals surface area contributed by atoms with Crippen LogP contribution >= 0.6 is 0 Å². The molecular formula is C12H18N2O4S. The fourth-order valence-electron chi connectivity index (χ4n) is 2.38.